The molecule has 1 aliphatic rings. The number of nitrogens with one attached hydrogen (secondary N) is 1. The van der Waals surface area contributed by atoms with Crippen molar-refractivity contribution in [3.8, 4) is 11.3 Å². The first-order chi connectivity index (χ1) is 16.0. The summed E-state index contributed by atoms with van der Waals surface area (Å²) >= 11 is 0. The number of anilines is 1. The molecule has 3 heterocycles. The molecule has 4 aromatic rings. The molecule has 0 spiro atoms. The Labute approximate surface area is 190 Å². The van der Waals surface area contributed by atoms with Crippen LogP contribution in [0.5, 0.6) is 0 Å². The number of rotatable bonds is 5. The minimum Gasteiger partial charge on any atom is -0.334 e. The molecule has 1 amide bonds. The second kappa shape index (κ2) is 8.54. The fourth-order valence-electron chi connectivity index (χ4n) is 4.42. The van der Waals surface area contributed by atoms with E-state index in [4.69, 9.17) is 4.98 Å². The summed E-state index contributed by atoms with van der Waals surface area (Å²) in [5.74, 6) is 0.786. The summed E-state index contributed by atoms with van der Waals surface area (Å²) in [5.41, 5.74) is 2.18. The zero-order valence-corrected chi connectivity index (χ0v) is 18.5. The van der Waals surface area contributed by atoms with Crippen LogP contribution in [-0.4, -0.2) is 24.6 Å². The average molecular weight is 444 g/mol. The third kappa shape index (κ3) is 3.88. The lowest BCUT2D eigenvalue weighted by Crippen LogP contribution is -2.41. The second-order valence-corrected chi connectivity index (χ2v) is 8.25. The van der Waals surface area contributed by atoms with Crippen molar-refractivity contribution >= 4 is 22.5 Å². The van der Waals surface area contributed by atoms with Crippen molar-refractivity contribution in [2.24, 2.45) is 0 Å². The number of imidazole rings is 1. The first kappa shape index (κ1) is 20.9. The van der Waals surface area contributed by atoms with Crippen LogP contribution in [0.2, 0.25) is 0 Å². The SMILES string of the molecule is CCn1c(=O)c2ccccc2n(CC(=O)Nc2ccc(-c3cn4c(n3)CCCC4)cc2)c1=O. The van der Waals surface area contributed by atoms with Gasteiger partial charge >= 0.3 is 5.69 Å². The maximum absolute atomic E-state index is 12.8. The predicted octanol–water partition coefficient (Wildman–Crippen LogP) is 3.02. The number of para-hydroxylation sites is 1. The van der Waals surface area contributed by atoms with E-state index in [1.807, 2.05) is 24.3 Å². The van der Waals surface area contributed by atoms with E-state index in [0.717, 1.165) is 34.6 Å². The van der Waals surface area contributed by atoms with Gasteiger partial charge in [0.05, 0.1) is 16.6 Å². The first-order valence-electron chi connectivity index (χ1n) is 11.2. The second-order valence-electron chi connectivity index (χ2n) is 8.25. The van der Waals surface area contributed by atoms with Crippen LogP contribution in [0.15, 0.2) is 64.3 Å². The average Bonchev–Trinajstić information content (AvgIpc) is 3.27. The number of carbonyl (C=O) groups excluding carboxylic acids is 1. The van der Waals surface area contributed by atoms with Gasteiger partial charge in [-0.05, 0) is 44.0 Å². The Morgan fingerprint density at radius 3 is 2.58 bits per heavy atom. The fourth-order valence-corrected chi connectivity index (χ4v) is 4.42. The summed E-state index contributed by atoms with van der Waals surface area (Å²) in [6.45, 7) is 2.80. The molecule has 33 heavy (non-hydrogen) atoms. The molecule has 0 aliphatic carbocycles. The summed E-state index contributed by atoms with van der Waals surface area (Å²) < 4.78 is 4.71. The van der Waals surface area contributed by atoms with Gasteiger partial charge in [-0.1, -0.05) is 24.3 Å². The number of aromatic nitrogens is 4. The van der Waals surface area contributed by atoms with Crippen molar-refractivity contribution < 1.29 is 4.79 Å². The Kier molecular flexibility index (Phi) is 5.42. The summed E-state index contributed by atoms with van der Waals surface area (Å²) in [6, 6.07) is 14.4. The molecule has 0 unspecified atom stereocenters. The molecule has 2 aromatic heterocycles. The minimum absolute atomic E-state index is 0.185. The van der Waals surface area contributed by atoms with Gasteiger partial charge in [0.1, 0.15) is 12.4 Å². The molecule has 168 valence electrons. The quantitative estimate of drug-likeness (QED) is 0.513. The number of hydrogen-bond donors (Lipinski definition) is 1. The van der Waals surface area contributed by atoms with Crippen LogP contribution in [0.1, 0.15) is 25.6 Å². The standard InChI is InChI=1S/C25H25N5O3/c1-2-29-24(32)19-7-3-4-8-21(19)30(25(29)33)16-23(31)26-18-12-10-17(11-13-18)20-15-28-14-6-5-9-22(28)27-20/h3-4,7-8,10-13,15H,2,5-6,9,14,16H2,1H3,(H,26,31). The minimum atomic E-state index is -0.490. The molecule has 0 saturated heterocycles. The van der Waals surface area contributed by atoms with E-state index in [1.54, 1.807) is 31.2 Å². The maximum Gasteiger partial charge on any atom is 0.331 e. The molecular weight excluding hydrogens is 418 g/mol. The third-order valence-electron chi connectivity index (χ3n) is 6.12. The van der Waals surface area contributed by atoms with Crippen molar-refractivity contribution in [2.45, 2.75) is 45.8 Å². The Morgan fingerprint density at radius 1 is 1.03 bits per heavy atom. The van der Waals surface area contributed by atoms with E-state index in [0.29, 0.717) is 16.6 Å². The predicted molar refractivity (Wildman–Crippen MR) is 127 cm³/mol. The van der Waals surface area contributed by atoms with Crippen LogP contribution in [0.25, 0.3) is 22.2 Å². The topological polar surface area (TPSA) is 90.9 Å². The molecule has 5 rings (SSSR count). The van der Waals surface area contributed by atoms with Crippen molar-refractivity contribution in [2.75, 3.05) is 5.32 Å². The molecule has 8 nitrogen and oxygen atoms in total. The van der Waals surface area contributed by atoms with E-state index in [1.165, 1.54) is 17.4 Å². The Bertz CT molecular complexity index is 1440. The molecule has 0 saturated carbocycles. The molecule has 0 radical (unpaired) electrons. The van der Waals surface area contributed by atoms with Gasteiger partial charge in [0.15, 0.2) is 0 Å². The normalized spacial score (nSPS) is 13.1. The van der Waals surface area contributed by atoms with E-state index in [-0.39, 0.29) is 24.6 Å². The number of benzene rings is 2. The van der Waals surface area contributed by atoms with Crippen LogP contribution in [0.3, 0.4) is 0 Å². The summed E-state index contributed by atoms with van der Waals surface area (Å²) in [6.07, 6.45) is 5.45. The number of nitrogens with zero attached hydrogens (tertiary/aromatic N) is 4. The van der Waals surface area contributed by atoms with Crippen molar-refractivity contribution in [1.82, 2.24) is 18.7 Å². The number of amides is 1. The van der Waals surface area contributed by atoms with Crippen LogP contribution >= 0.6 is 0 Å². The molecule has 2 aromatic carbocycles. The molecule has 1 N–H and O–H groups in total. The zero-order chi connectivity index (χ0) is 22.9. The number of fused-ring (bicyclic) bond motifs is 2. The summed E-state index contributed by atoms with van der Waals surface area (Å²) in [4.78, 5) is 42.9. The largest absolute Gasteiger partial charge is 0.334 e. The van der Waals surface area contributed by atoms with Gasteiger partial charge in [-0.15, -0.1) is 0 Å². The molecule has 0 bridgehead atoms. The molecular formula is C25H25N5O3. The van der Waals surface area contributed by atoms with E-state index in [2.05, 4.69) is 16.1 Å². The van der Waals surface area contributed by atoms with Crippen molar-refractivity contribution in [1.29, 1.82) is 0 Å². The summed E-state index contributed by atoms with van der Waals surface area (Å²) in [7, 11) is 0. The highest BCUT2D eigenvalue weighted by Gasteiger charge is 2.15. The number of hydrogen-bond acceptors (Lipinski definition) is 4. The highest BCUT2D eigenvalue weighted by atomic mass is 16.2. The number of carbonyl (C=O) groups is 1. The highest BCUT2D eigenvalue weighted by Crippen LogP contribution is 2.24. The van der Waals surface area contributed by atoms with Crippen LogP contribution in [0, 0.1) is 0 Å². The molecule has 1 aliphatic heterocycles. The summed E-state index contributed by atoms with van der Waals surface area (Å²) in [5, 5.41) is 3.27. The van der Waals surface area contributed by atoms with Gasteiger partial charge in [-0.3, -0.25) is 18.7 Å². The van der Waals surface area contributed by atoms with E-state index < -0.39 is 5.69 Å². The first-order valence-corrected chi connectivity index (χ1v) is 11.2. The van der Waals surface area contributed by atoms with Crippen LogP contribution in [0.4, 0.5) is 5.69 Å². The third-order valence-corrected chi connectivity index (χ3v) is 6.12. The Balaban J connectivity index is 1.37. The molecule has 0 atom stereocenters. The smallest absolute Gasteiger partial charge is 0.331 e. The molecule has 0 fully saturated rings. The van der Waals surface area contributed by atoms with E-state index in [9.17, 15) is 14.4 Å². The maximum atomic E-state index is 12.8. The van der Waals surface area contributed by atoms with Gasteiger partial charge < -0.3 is 9.88 Å². The van der Waals surface area contributed by atoms with Gasteiger partial charge in [-0.25, -0.2) is 9.78 Å². The van der Waals surface area contributed by atoms with E-state index >= 15 is 0 Å². The van der Waals surface area contributed by atoms with Gasteiger partial charge in [-0.2, -0.15) is 0 Å². The van der Waals surface area contributed by atoms with Crippen LogP contribution in [-0.2, 0) is 30.8 Å². The highest BCUT2D eigenvalue weighted by molar-refractivity contribution is 5.92. The lowest BCUT2D eigenvalue weighted by Gasteiger charge is -2.13. The lowest BCUT2D eigenvalue weighted by molar-refractivity contribution is -0.116. The van der Waals surface area contributed by atoms with Gasteiger partial charge in [0.2, 0.25) is 5.91 Å². The van der Waals surface area contributed by atoms with Crippen molar-refractivity contribution in [3.63, 3.8) is 0 Å². The monoisotopic (exact) mass is 443 g/mol. The Morgan fingerprint density at radius 2 is 1.82 bits per heavy atom. The lowest BCUT2D eigenvalue weighted by atomic mass is 10.1. The van der Waals surface area contributed by atoms with Gasteiger partial charge in [0, 0.05) is 37.0 Å². The zero-order valence-electron chi connectivity index (χ0n) is 18.5. The van der Waals surface area contributed by atoms with Crippen molar-refractivity contribution in [3.05, 3.63) is 81.4 Å². The molecule has 8 heteroatoms. The van der Waals surface area contributed by atoms with Crippen LogP contribution < -0.4 is 16.6 Å². The van der Waals surface area contributed by atoms with Gasteiger partial charge in [0.25, 0.3) is 5.56 Å². The number of aryl methyl sites for hydroxylation is 2. The fraction of sp³-hybridized carbons (Fsp3) is 0.280. The Hall–Kier alpha value is -3.94.